The van der Waals surface area contributed by atoms with Gasteiger partial charge in [-0.15, -0.1) is 0 Å². The zero-order valence-electron chi connectivity index (χ0n) is 34.1. The molecule has 0 saturated carbocycles. The van der Waals surface area contributed by atoms with Gasteiger partial charge >= 0.3 is 0 Å². The van der Waals surface area contributed by atoms with Crippen LogP contribution in [0.15, 0.2) is 72.9 Å². The molecule has 5 aliphatic heterocycles. The number of ether oxygens (including phenoxy) is 1. The minimum Gasteiger partial charge on any atom is -0.490 e. The largest absolute Gasteiger partial charge is 0.490 e. The fourth-order valence-electron chi connectivity index (χ4n) is 9.65. The quantitative estimate of drug-likeness (QED) is 0.186. The molecule has 4 aromatic rings. The number of fused-ring (bicyclic) bond motifs is 1. The molecule has 3 amide bonds. The Balaban J connectivity index is 0.728. The standard InChI is InChI=1S/C46H52ClFN8O5/c47-38-25-49-46(52-43(38)31-5-1-4-30(24-31)29-9-11-32(48)12-10-29)50-33-15-20-55(21-16-33)42(58)28-53-19-3-6-34(26-53)54-22-17-35(18-23-54)61-40-8-2-7-36-37(40)27-56(45(36)60)39-13-14-41(57)51-44(39)59/h1-2,4-5,7-12,24-25,33-35,39,41,57H,3,6,13-23,26-28H2,(H,51,59)(H,49,50,52). The summed E-state index contributed by atoms with van der Waals surface area (Å²) in [4.78, 5) is 57.2. The highest BCUT2D eigenvalue weighted by Gasteiger charge is 2.41. The number of hydrogen-bond donors (Lipinski definition) is 3. The highest BCUT2D eigenvalue weighted by Crippen LogP contribution is 2.36. The van der Waals surface area contributed by atoms with Crippen molar-refractivity contribution in [2.75, 3.05) is 51.1 Å². The third-order valence-electron chi connectivity index (χ3n) is 13.0. The van der Waals surface area contributed by atoms with Crippen LogP contribution in [0.2, 0.25) is 5.02 Å². The van der Waals surface area contributed by atoms with E-state index in [9.17, 15) is 23.9 Å². The normalized spacial score (nSPS) is 23.2. The van der Waals surface area contributed by atoms with Crippen LogP contribution in [0.4, 0.5) is 10.3 Å². The number of carbonyl (C=O) groups excluding carboxylic acids is 3. The maximum absolute atomic E-state index is 13.6. The molecule has 3 unspecified atom stereocenters. The first-order valence-electron chi connectivity index (χ1n) is 21.6. The van der Waals surface area contributed by atoms with E-state index in [1.807, 2.05) is 41.3 Å². The molecule has 3 N–H and O–H groups in total. The molecule has 0 aliphatic carbocycles. The van der Waals surface area contributed by atoms with E-state index in [-0.39, 0.29) is 35.7 Å². The molecule has 5 aliphatic rings. The van der Waals surface area contributed by atoms with Crippen LogP contribution in [0.25, 0.3) is 22.4 Å². The topological polar surface area (TPSA) is 143 Å². The van der Waals surface area contributed by atoms with Crippen LogP contribution < -0.4 is 15.4 Å². The number of nitrogens with one attached hydrogen (secondary N) is 2. The molecule has 0 bridgehead atoms. The Bertz CT molecular complexity index is 2250. The Morgan fingerprint density at radius 3 is 2.46 bits per heavy atom. The average molecular weight is 851 g/mol. The predicted octanol–water partition coefficient (Wildman–Crippen LogP) is 5.57. The molecule has 3 atom stereocenters. The van der Waals surface area contributed by atoms with Gasteiger partial charge in [-0.25, -0.2) is 14.4 Å². The van der Waals surface area contributed by atoms with Crippen molar-refractivity contribution in [2.45, 2.75) is 88.4 Å². The summed E-state index contributed by atoms with van der Waals surface area (Å²) in [6.07, 6.45) is 7.09. The number of rotatable bonds is 10. The summed E-state index contributed by atoms with van der Waals surface area (Å²) in [6.45, 7) is 5.67. The molecule has 6 heterocycles. The van der Waals surface area contributed by atoms with Crippen molar-refractivity contribution < 1.29 is 28.6 Å². The summed E-state index contributed by atoms with van der Waals surface area (Å²) >= 11 is 6.58. The van der Waals surface area contributed by atoms with Gasteiger partial charge < -0.3 is 30.3 Å². The first-order chi connectivity index (χ1) is 29.6. The minimum absolute atomic E-state index is 0.0260. The van der Waals surface area contributed by atoms with Crippen LogP contribution in [0.1, 0.15) is 67.3 Å². The second kappa shape index (κ2) is 18.1. The number of nitrogens with zero attached hydrogens (tertiary/aromatic N) is 6. The molecule has 0 spiro atoms. The number of likely N-dealkylation sites (tertiary alicyclic amines) is 3. The molecular weight excluding hydrogens is 799 g/mol. The van der Waals surface area contributed by atoms with Crippen molar-refractivity contribution in [1.29, 1.82) is 0 Å². The van der Waals surface area contributed by atoms with Crippen LogP contribution in [0.5, 0.6) is 5.75 Å². The average Bonchev–Trinajstić information content (AvgIpc) is 3.61. The molecule has 9 rings (SSSR count). The van der Waals surface area contributed by atoms with Gasteiger partial charge in [-0.3, -0.25) is 24.2 Å². The van der Waals surface area contributed by atoms with Crippen LogP contribution in [-0.2, 0) is 16.1 Å². The molecule has 4 saturated heterocycles. The van der Waals surface area contributed by atoms with E-state index in [0.717, 1.165) is 87.0 Å². The fraction of sp³-hybridized carbons (Fsp3) is 0.457. The molecule has 320 valence electrons. The minimum atomic E-state index is -0.867. The van der Waals surface area contributed by atoms with E-state index in [4.69, 9.17) is 21.3 Å². The maximum Gasteiger partial charge on any atom is 0.255 e. The van der Waals surface area contributed by atoms with Gasteiger partial charge in [-0.05, 0) is 99.4 Å². The lowest BCUT2D eigenvalue weighted by Gasteiger charge is -2.43. The molecular formula is C46H52ClFN8O5. The smallest absolute Gasteiger partial charge is 0.255 e. The van der Waals surface area contributed by atoms with Crippen molar-refractivity contribution in [1.82, 2.24) is 34.9 Å². The number of halogens is 2. The lowest BCUT2D eigenvalue weighted by molar-refractivity contribution is -0.134. The number of piperidine rings is 4. The number of anilines is 1. The lowest BCUT2D eigenvalue weighted by Crippen LogP contribution is -2.54. The van der Waals surface area contributed by atoms with Crippen molar-refractivity contribution in [3.63, 3.8) is 0 Å². The van der Waals surface area contributed by atoms with Crippen molar-refractivity contribution >= 4 is 35.3 Å². The van der Waals surface area contributed by atoms with Gasteiger partial charge in [0.25, 0.3) is 5.91 Å². The van der Waals surface area contributed by atoms with Gasteiger partial charge in [0.2, 0.25) is 17.8 Å². The van der Waals surface area contributed by atoms with Crippen LogP contribution in [0, 0.1) is 5.82 Å². The molecule has 13 nitrogen and oxygen atoms in total. The van der Waals surface area contributed by atoms with Gasteiger partial charge in [0.15, 0.2) is 0 Å². The van der Waals surface area contributed by atoms with Crippen molar-refractivity contribution in [2.24, 2.45) is 0 Å². The summed E-state index contributed by atoms with van der Waals surface area (Å²) in [5.74, 6) is 0.604. The fourth-order valence-corrected chi connectivity index (χ4v) is 9.85. The summed E-state index contributed by atoms with van der Waals surface area (Å²) < 4.78 is 20.1. The highest BCUT2D eigenvalue weighted by molar-refractivity contribution is 6.33. The third kappa shape index (κ3) is 9.23. The van der Waals surface area contributed by atoms with E-state index in [1.54, 1.807) is 29.3 Å². The summed E-state index contributed by atoms with van der Waals surface area (Å²) in [6, 6.07) is 19.7. The van der Waals surface area contributed by atoms with Crippen LogP contribution >= 0.6 is 11.6 Å². The SMILES string of the molecule is O=C1NC(O)CCC1N1Cc2c(OC3CCN(C4CCCN(CC(=O)N5CCC(Nc6ncc(Cl)c(-c7cccc(-c8ccc(F)cc8)c7)n6)CC5)C4)CC3)cccc2C1=O. The monoisotopic (exact) mass is 850 g/mol. The summed E-state index contributed by atoms with van der Waals surface area (Å²) in [5.41, 5.74) is 4.70. The van der Waals surface area contributed by atoms with E-state index < -0.39 is 12.3 Å². The number of carbonyl (C=O) groups is 3. The number of aliphatic hydroxyl groups excluding tert-OH is 1. The number of benzene rings is 3. The molecule has 0 radical (unpaired) electrons. The Labute approximate surface area is 360 Å². The number of aromatic nitrogens is 2. The van der Waals surface area contributed by atoms with Crippen LogP contribution in [-0.4, -0.2) is 129 Å². The van der Waals surface area contributed by atoms with E-state index >= 15 is 0 Å². The zero-order valence-corrected chi connectivity index (χ0v) is 34.9. The van der Waals surface area contributed by atoms with Gasteiger partial charge in [0, 0.05) is 61.5 Å². The van der Waals surface area contributed by atoms with Crippen LogP contribution in [0.3, 0.4) is 0 Å². The van der Waals surface area contributed by atoms with E-state index in [1.165, 1.54) is 12.1 Å². The van der Waals surface area contributed by atoms with Gasteiger partial charge in [0.1, 0.15) is 29.9 Å². The Morgan fingerprint density at radius 1 is 0.902 bits per heavy atom. The summed E-state index contributed by atoms with van der Waals surface area (Å²) in [5, 5.41) is 16.3. The van der Waals surface area contributed by atoms with Crippen molar-refractivity contribution in [3.05, 3.63) is 94.9 Å². The molecule has 3 aromatic carbocycles. The molecule has 15 heteroatoms. The Hall–Kier alpha value is -5.15. The number of aliphatic hydroxyl groups is 1. The predicted molar refractivity (Wildman–Crippen MR) is 229 cm³/mol. The third-order valence-corrected chi connectivity index (χ3v) is 13.3. The maximum atomic E-state index is 13.6. The lowest BCUT2D eigenvalue weighted by atomic mass is 9.99. The number of amides is 3. The molecule has 61 heavy (non-hydrogen) atoms. The second-order valence-corrected chi connectivity index (χ2v) is 17.4. The van der Waals surface area contributed by atoms with Gasteiger partial charge in [0.05, 0.1) is 30.0 Å². The van der Waals surface area contributed by atoms with Gasteiger partial charge in [-0.2, -0.15) is 0 Å². The molecule has 4 fully saturated rings. The first kappa shape index (κ1) is 41.2. The number of hydrogen-bond acceptors (Lipinski definition) is 10. The Kier molecular flexibility index (Phi) is 12.2. The Morgan fingerprint density at radius 2 is 1.67 bits per heavy atom. The second-order valence-electron chi connectivity index (χ2n) is 17.0. The summed E-state index contributed by atoms with van der Waals surface area (Å²) in [7, 11) is 0. The van der Waals surface area contributed by atoms with E-state index in [0.29, 0.717) is 73.0 Å². The van der Waals surface area contributed by atoms with Gasteiger partial charge in [-0.1, -0.05) is 48.0 Å². The zero-order chi connectivity index (χ0) is 42.0. The van der Waals surface area contributed by atoms with E-state index in [2.05, 4.69) is 25.4 Å². The highest BCUT2D eigenvalue weighted by atomic mass is 35.5. The van der Waals surface area contributed by atoms with Crippen molar-refractivity contribution in [3.8, 4) is 28.1 Å². The molecule has 1 aromatic heterocycles. The first-order valence-corrected chi connectivity index (χ1v) is 22.0.